The molecule has 104 valence electrons. The first-order valence-electron chi connectivity index (χ1n) is 7.07. The van der Waals surface area contributed by atoms with Gasteiger partial charge in [-0.3, -0.25) is 4.79 Å². The van der Waals surface area contributed by atoms with Crippen LogP contribution >= 0.6 is 0 Å². The molecule has 1 aromatic rings. The third-order valence-corrected chi connectivity index (χ3v) is 3.51. The highest BCUT2D eigenvalue weighted by molar-refractivity contribution is 5.96. The van der Waals surface area contributed by atoms with E-state index in [0.29, 0.717) is 6.42 Å². The van der Waals surface area contributed by atoms with Crippen LogP contribution in [0.5, 0.6) is 0 Å². The van der Waals surface area contributed by atoms with Crippen molar-refractivity contribution in [2.24, 2.45) is 0 Å². The van der Waals surface area contributed by atoms with Crippen molar-refractivity contribution in [2.45, 2.75) is 26.7 Å². The molecule has 1 fully saturated rings. The van der Waals surface area contributed by atoms with Gasteiger partial charge in [0.25, 0.3) is 0 Å². The zero-order valence-corrected chi connectivity index (χ0v) is 11.9. The van der Waals surface area contributed by atoms with Gasteiger partial charge in [-0.05, 0) is 32.4 Å². The molecule has 1 aromatic carbocycles. The number of ether oxygens (including phenoxy) is 1. The van der Waals surface area contributed by atoms with Gasteiger partial charge in [0, 0.05) is 38.2 Å². The quantitative estimate of drug-likeness (QED) is 0.780. The molecule has 0 aromatic heterocycles. The maximum atomic E-state index is 12.2. The van der Waals surface area contributed by atoms with Crippen LogP contribution in [0.1, 0.15) is 34.3 Å². The Kier molecular flexibility index (Phi) is 5.11. The molecule has 0 radical (unpaired) electrons. The van der Waals surface area contributed by atoms with Gasteiger partial charge < -0.3 is 9.64 Å². The Bertz CT molecular complexity index is 414. The molecule has 3 nitrogen and oxygen atoms in total. The Balaban J connectivity index is 1.89. The fourth-order valence-electron chi connectivity index (χ4n) is 2.56. The van der Waals surface area contributed by atoms with Gasteiger partial charge >= 0.3 is 0 Å². The first-order valence-corrected chi connectivity index (χ1v) is 7.07. The van der Waals surface area contributed by atoms with E-state index in [1.54, 1.807) is 0 Å². The van der Waals surface area contributed by atoms with Crippen molar-refractivity contribution in [2.75, 3.05) is 32.8 Å². The molecule has 0 unspecified atom stereocenters. The van der Waals surface area contributed by atoms with Crippen molar-refractivity contribution in [3.05, 3.63) is 34.9 Å². The number of hydrogen-bond acceptors (Lipinski definition) is 3. The Morgan fingerprint density at radius 2 is 1.89 bits per heavy atom. The minimum Gasteiger partial charge on any atom is -0.380 e. The van der Waals surface area contributed by atoms with Crippen molar-refractivity contribution in [3.8, 4) is 0 Å². The Hall–Kier alpha value is -1.19. The molecule has 0 amide bonds. The van der Waals surface area contributed by atoms with Crippen LogP contribution in [0.15, 0.2) is 18.2 Å². The zero-order chi connectivity index (χ0) is 13.7. The number of carbonyl (C=O) groups is 1. The lowest BCUT2D eigenvalue weighted by Gasteiger charge is -2.18. The third-order valence-electron chi connectivity index (χ3n) is 3.51. The van der Waals surface area contributed by atoms with Gasteiger partial charge in [-0.15, -0.1) is 0 Å². The number of ketones is 1. The van der Waals surface area contributed by atoms with Gasteiger partial charge in [0.05, 0.1) is 6.61 Å². The summed E-state index contributed by atoms with van der Waals surface area (Å²) in [7, 11) is 0. The molecule has 19 heavy (non-hydrogen) atoms. The van der Waals surface area contributed by atoms with Gasteiger partial charge in [-0.25, -0.2) is 0 Å². The predicted octanol–water partition coefficient (Wildman–Crippen LogP) is 2.60. The Morgan fingerprint density at radius 1 is 1.16 bits per heavy atom. The minimum atomic E-state index is 0.247. The summed E-state index contributed by atoms with van der Waals surface area (Å²) in [6.45, 7) is 8.54. The van der Waals surface area contributed by atoms with Crippen molar-refractivity contribution in [3.63, 3.8) is 0 Å². The van der Waals surface area contributed by atoms with E-state index in [2.05, 4.69) is 11.0 Å². The molecule has 0 saturated carbocycles. The molecule has 2 rings (SSSR count). The van der Waals surface area contributed by atoms with Crippen LogP contribution in [0.2, 0.25) is 0 Å². The fraction of sp³-hybridized carbons (Fsp3) is 0.562. The van der Waals surface area contributed by atoms with Crippen molar-refractivity contribution in [1.29, 1.82) is 0 Å². The molecule has 1 aliphatic heterocycles. The second-order valence-corrected chi connectivity index (χ2v) is 5.36. The molecular formula is C16H23NO2. The second-order valence-electron chi connectivity index (χ2n) is 5.36. The molecule has 1 aliphatic rings. The van der Waals surface area contributed by atoms with Gasteiger partial charge in [0.15, 0.2) is 5.78 Å². The van der Waals surface area contributed by atoms with E-state index in [1.165, 1.54) is 0 Å². The number of Topliss-reactive ketones (excluding diaryl/α,β-unsaturated/α-hetero) is 1. The molecule has 1 saturated heterocycles. The van der Waals surface area contributed by atoms with Crippen molar-refractivity contribution < 1.29 is 9.53 Å². The van der Waals surface area contributed by atoms with E-state index in [-0.39, 0.29) is 5.78 Å². The summed E-state index contributed by atoms with van der Waals surface area (Å²) in [6, 6.07) is 6.07. The van der Waals surface area contributed by atoms with Crippen LogP contribution < -0.4 is 0 Å². The fourth-order valence-corrected chi connectivity index (χ4v) is 2.56. The maximum Gasteiger partial charge on any atom is 0.164 e. The molecule has 0 N–H and O–H groups in total. The highest BCUT2D eigenvalue weighted by Gasteiger charge is 2.12. The van der Waals surface area contributed by atoms with Crippen LogP contribution in [0.3, 0.4) is 0 Å². The average Bonchev–Trinajstić information content (AvgIpc) is 2.63. The summed E-state index contributed by atoms with van der Waals surface area (Å²) in [5.74, 6) is 0.247. The summed E-state index contributed by atoms with van der Waals surface area (Å²) in [4.78, 5) is 14.5. The van der Waals surface area contributed by atoms with Gasteiger partial charge in [0.1, 0.15) is 0 Å². The molecule has 1 heterocycles. The molecule has 0 bridgehead atoms. The van der Waals surface area contributed by atoms with E-state index in [1.807, 2.05) is 26.0 Å². The minimum absolute atomic E-state index is 0.247. The van der Waals surface area contributed by atoms with Crippen LogP contribution in [-0.4, -0.2) is 43.5 Å². The van der Waals surface area contributed by atoms with Crippen LogP contribution in [0, 0.1) is 13.8 Å². The SMILES string of the molecule is Cc1cc(C)cc(C(=O)CCN2CCCOCC2)c1. The highest BCUT2D eigenvalue weighted by atomic mass is 16.5. The lowest BCUT2D eigenvalue weighted by atomic mass is 10.0. The van der Waals surface area contributed by atoms with Crippen LogP contribution in [-0.2, 0) is 4.74 Å². The first-order chi connectivity index (χ1) is 9.15. The van der Waals surface area contributed by atoms with Crippen LogP contribution in [0.25, 0.3) is 0 Å². The maximum absolute atomic E-state index is 12.2. The number of benzene rings is 1. The van der Waals surface area contributed by atoms with Gasteiger partial charge in [-0.2, -0.15) is 0 Å². The zero-order valence-electron chi connectivity index (χ0n) is 11.9. The average molecular weight is 261 g/mol. The number of nitrogens with zero attached hydrogens (tertiary/aromatic N) is 1. The summed E-state index contributed by atoms with van der Waals surface area (Å²) < 4.78 is 5.42. The third kappa shape index (κ3) is 4.44. The summed E-state index contributed by atoms with van der Waals surface area (Å²) in [5, 5.41) is 0. The van der Waals surface area contributed by atoms with E-state index in [4.69, 9.17) is 4.74 Å². The summed E-state index contributed by atoms with van der Waals surface area (Å²) in [5.41, 5.74) is 3.17. The number of carbonyl (C=O) groups excluding carboxylic acids is 1. The highest BCUT2D eigenvalue weighted by Crippen LogP contribution is 2.11. The smallest absolute Gasteiger partial charge is 0.164 e. The monoisotopic (exact) mass is 261 g/mol. The Morgan fingerprint density at radius 3 is 2.63 bits per heavy atom. The first kappa shape index (κ1) is 14.2. The largest absolute Gasteiger partial charge is 0.380 e. The van der Waals surface area contributed by atoms with E-state index in [0.717, 1.165) is 56.0 Å². The van der Waals surface area contributed by atoms with Crippen molar-refractivity contribution in [1.82, 2.24) is 4.90 Å². The van der Waals surface area contributed by atoms with E-state index in [9.17, 15) is 4.79 Å². The molecule has 3 heteroatoms. The summed E-state index contributed by atoms with van der Waals surface area (Å²) in [6.07, 6.45) is 1.67. The number of rotatable bonds is 4. The van der Waals surface area contributed by atoms with Crippen molar-refractivity contribution >= 4 is 5.78 Å². The Labute approximate surface area is 115 Å². The van der Waals surface area contributed by atoms with Crippen LogP contribution in [0.4, 0.5) is 0 Å². The number of aryl methyl sites for hydroxylation is 2. The molecule has 0 aliphatic carbocycles. The predicted molar refractivity (Wildman–Crippen MR) is 76.7 cm³/mol. The lowest BCUT2D eigenvalue weighted by molar-refractivity contribution is 0.0959. The summed E-state index contributed by atoms with van der Waals surface area (Å²) >= 11 is 0. The molecular weight excluding hydrogens is 238 g/mol. The standard InChI is InChI=1S/C16H23NO2/c1-13-10-14(2)12-15(11-13)16(18)4-6-17-5-3-8-19-9-7-17/h10-12H,3-9H2,1-2H3. The van der Waals surface area contributed by atoms with Gasteiger partial charge in [-0.1, -0.05) is 17.2 Å². The lowest BCUT2D eigenvalue weighted by Crippen LogP contribution is -2.28. The molecule has 0 spiro atoms. The van der Waals surface area contributed by atoms with E-state index < -0.39 is 0 Å². The number of hydrogen-bond donors (Lipinski definition) is 0. The molecule has 0 atom stereocenters. The normalized spacial score (nSPS) is 17.2. The van der Waals surface area contributed by atoms with Gasteiger partial charge in [0.2, 0.25) is 0 Å². The second kappa shape index (κ2) is 6.83. The van der Waals surface area contributed by atoms with E-state index >= 15 is 0 Å². The topological polar surface area (TPSA) is 29.5 Å².